The van der Waals surface area contributed by atoms with Crippen molar-refractivity contribution in [3.8, 4) is 6.07 Å². The van der Waals surface area contributed by atoms with Gasteiger partial charge in [0.25, 0.3) is 0 Å². The number of benzene rings is 1. The van der Waals surface area contributed by atoms with Gasteiger partial charge < -0.3 is 5.73 Å². The Kier molecular flexibility index (Phi) is 3.85. The van der Waals surface area contributed by atoms with Crippen LogP contribution in [0.3, 0.4) is 0 Å². The summed E-state index contributed by atoms with van der Waals surface area (Å²) < 4.78 is 0. The summed E-state index contributed by atoms with van der Waals surface area (Å²) in [5.41, 5.74) is 9.44. The van der Waals surface area contributed by atoms with E-state index < -0.39 is 0 Å². The summed E-state index contributed by atoms with van der Waals surface area (Å²) >= 11 is 1.67. The number of aryl methyl sites for hydroxylation is 1. The van der Waals surface area contributed by atoms with Crippen molar-refractivity contribution in [1.82, 2.24) is 4.98 Å². The lowest BCUT2D eigenvalue weighted by Crippen LogP contribution is -1.91. The molecule has 0 aliphatic heterocycles. The summed E-state index contributed by atoms with van der Waals surface area (Å²) in [5, 5.41) is 8.79. The third kappa shape index (κ3) is 3.02. The Labute approximate surface area is 111 Å². The number of hydrogen-bond donors (Lipinski definition) is 1. The second-order valence-electron chi connectivity index (χ2n) is 3.99. The molecule has 0 bridgehead atoms. The molecular weight excluding hydrogens is 242 g/mol. The van der Waals surface area contributed by atoms with E-state index in [1.165, 1.54) is 5.56 Å². The largest absolute Gasteiger partial charge is 0.398 e. The van der Waals surface area contributed by atoms with Gasteiger partial charge in [0.1, 0.15) is 11.8 Å². The number of nitrogens with two attached hydrogens (primary N) is 1. The fraction of sp³-hybridized carbons (Fsp3) is 0.143. The number of hydrogen-bond acceptors (Lipinski definition) is 4. The molecule has 4 heteroatoms. The van der Waals surface area contributed by atoms with Gasteiger partial charge in [0.15, 0.2) is 0 Å². The van der Waals surface area contributed by atoms with Gasteiger partial charge in [-0.15, -0.1) is 11.8 Å². The minimum Gasteiger partial charge on any atom is -0.398 e. The predicted octanol–water partition coefficient (Wildman–Crippen LogP) is 3.14. The number of nitrogens with zero attached hydrogens (tertiary/aromatic N) is 2. The summed E-state index contributed by atoms with van der Waals surface area (Å²) in [6.07, 6.45) is 1.66. The third-order valence-electron chi connectivity index (χ3n) is 2.50. The zero-order chi connectivity index (χ0) is 13.0. The van der Waals surface area contributed by atoms with E-state index in [0.29, 0.717) is 5.69 Å². The molecular formula is C14H13N3S. The van der Waals surface area contributed by atoms with Gasteiger partial charge in [-0.25, -0.2) is 4.98 Å². The molecule has 0 amide bonds. The Morgan fingerprint density at radius 3 is 2.94 bits per heavy atom. The van der Waals surface area contributed by atoms with Gasteiger partial charge in [0, 0.05) is 22.5 Å². The van der Waals surface area contributed by atoms with Gasteiger partial charge in [0.2, 0.25) is 0 Å². The van der Waals surface area contributed by atoms with E-state index in [-0.39, 0.29) is 0 Å². The van der Waals surface area contributed by atoms with Crippen molar-refractivity contribution >= 4 is 17.4 Å². The maximum Gasteiger partial charge on any atom is 0.140 e. The molecule has 2 rings (SSSR count). The second-order valence-corrected chi connectivity index (χ2v) is 5.01. The van der Waals surface area contributed by atoms with Crippen LogP contribution in [0, 0.1) is 18.3 Å². The molecule has 18 heavy (non-hydrogen) atoms. The first kappa shape index (κ1) is 12.5. The smallest absolute Gasteiger partial charge is 0.140 e. The maximum absolute atomic E-state index is 8.79. The maximum atomic E-state index is 8.79. The predicted molar refractivity (Wildman–Crippen MR) is 74.1 cm³/mol. The van der Waals surface area contributed by atoms with Gasteiger partial charge in [-0.3, -0.25) is 0 Å². The molecule has 0 aliphatic carbocycles. The highest BCUT2D eigenvalue weighted by Crippen LogP contribution is 2.28. The highest BCUT2D eigenvalue weighted by Gasteiger charge is 2.02. The van der Waals surface area contributed by atoms with Crippen LogP contribution >= 0.6 is 11.8 Å². The van der Waals surface area contributed by atoms with Crippen LogP contribution in [0.2, 0.25) is 0 Å². The summed E-state index contributed by atoms with van der Waals surface area (Å²) in [6.45, 7) is 2.05. The zero-order valence-corrected chi connectivity index (χ0v) is 10.9. The van der Waals surface area contributed by atoms with E-state index in [9.17, 15) is 0 Å². The van der Waals surface area contributed by atoms with E-state index in [1.807, 2.05) is 31.2 Å². The van der Waals surface area contributed by atoms with Crippen LogP contribution in [0.1, 0.15) is 16.8 Å². The first-order valence-electron chi connectivity index (χ1n) is 5.53. The van der Waals surface area contributed by atoms with Crippen LogP contribution in [-0.2, 0) is 5.75 Å². The molecule has 0 atom stereocenters. The quantitative estimate of drug-likeness (QED) is 0.676. The van der Waals surface area contributed by atoms with E-state index in [2.05, 4.69) is 11.1 Å². The summed E-state index contributed by atoms with van der Waals surface area (Å²) in [4.78, 5) is 5.02. The number of pyridine rings is 1. The zero-order valence-electron chi connectivity index (χ0n) is 10.1. The summed E-state index contributed by atoms with van der Waals surface area (Å²) in [7, 11) is 0. The lowest BCUT2D eigenvalue weighted by Gasteiger charge is -2.06. The highest BCUT2D eigenvalue weighted by molar-refractivity contribution is 7.98. The normalized spacial score (nSPS) is 10.0. The van der Waals surface area contributed by atoms with Crippen LogP contribution in [0.5, 0.6) is 0 Å². The van der Waals surface area contributed by atoms with Gasteiger partial charge in [-0.05, 0) is 42.3 Å². The van der Waals surface area contributed by atoms with Gasteiger partial charge in [0.05, 0.1) is 0 Å². The number of anilines is 1. The van der Waals surface area contributed by atoms with Crippen molar-refractivity contribution in [2.45, 2.75) is 17.6 Å². The lowest BCUT2D eigenvalue weighted by atomic mass is 10.2. The molecule has 0 aliphatic rings. The molecule has 0 fully saturated rings. The second kappa shape index (κ2) is 5.56. The van der Waals surface area contributed by atoms with E-state index in [1.54, 1.807) is 24.0 Å². The first-order valence-corrected chi connectivity index (χ1v) is 6.51. The fourth-order valence-corrected chi connectivity index (χ4v) is 2.56. The molecule has 2 N–H and O–H groups in total. The Morgan fingerprint density at radius 2 is 2.17 bits per heavy atom. The number of rotatable bonds is 3. The van der Waals surface area contributed by atoms with Crippen molar-refractivity contribution in [1.29, 1.82) is 5.26 Å². The highest BCUT2D eigenvalue weighted by atomic mass is 32.2. The molecule has 0 radical (unpaired) electrons. The number of nitriles is 1. The van der Waals surface area contributed by atoms with Crippen molar-refractivity contribution in [2.24, 2.45) is 0 Å². The number of aromatic nitrogens is 1. The van der Waals surface area contributed by atoms with Crippen molar-refractivity contribution in [2.75, 3.05) is 5.73 Å². The third-order valence-corrected chi connectivity index (χ3v) is 3.64. The van der Waals surface area contributed by atoms with E-state index >= 15 is 0 Å². The van der Waals surface area contributed by atoms with Gasteiger partial charge in [-0.1, -0.05) is 6.07 Å². The Balaban J connectivity index is 2.11. The van der Waals surface area contributed by atoms with Crippen molar-refractivity contribution in [3.05, 3.63) is 53.3 Å². The Hall–Kier alpha value is -1.99. The fourth-order valence-electron chi connectivity index (χ4n) is 1.55. The average molecular weight is 255 g/mol. The van der Waals surface area contributed by atoms with Crippen LogP contribution in [-0.4, -0.2) is 4.98 Å². The molecule has 0 saturated carbocycles. The molecule has 1 aromatic carbocycles. The summed E-state index contributed by atoms with van der Waals surface area (Å²) in [6, 6.07) is 11.8. The monoisotopic (exact) mass is 255 g/mol. The topological polar surface area (TPSA) is 62.7 Å². The first-order chi connectivity index (χ1) is 8.69. The van der Waals surface area contributed by atoms with Gasteiger partial charge in [-0.2, -0.15) is 5.26 Å². The van der Waals surface area contributed by atoms with Crippen LogP contribution in [0.25, 0.3) is 0 Å². The van der Waals surface area contributed by atoms with Crippen LogP contribution in [0.4, 0.5) is 5.69 Å². The Morgan fingerprint density at radius 1 is 1.33 bits per heavy atom. The van der Waals surface area contributed by atoms with E-state index in [4.69, 9.17) is 11.0 Å². The van der Waals surface area contributed by atoms with Crippen molar-refractivity contribution < 1.29 is 0 Å². The molecule has 1 aromatic heterocycles. The number of nitrogen functional groups attached to an aromatic ring is 1. The molecule has 2 aromatic rings. The van der Waals surface area contributed by atoms with Crippen LogP contribution in [0.15, 0.2) is 41.4 Å². The molecule has 1 heterocycles. The minimum atomic E-state index is 0.449. The lowest BCUT2D eigenvalue weighted by molar-refractivity contribution is 1.22. The molecule has 3 nitrogen and oxygen atoms in total. The van der Waals surface area contributed by atoms with E-state index in [0.717, 1.165) is 21.9 Å². The molecule has 90 valence electrons. The van der Waals surface area contributed by atoms with Crippen molar-refractivity contribution in [3.63, 3.8) is 0 Å². The molecule has 0 saturated heterocycles. The van der Waals surface area contributed by atoms with Gasteiger partial charge >= 0.3 is 0 Å². The SMILES string of the molecule is Cc1ccc(N)c(SCc2ccnc(C#N)c2)c1. The average Bonchev–Trinajstić information content (AvgIpc) is 2.40. The Bertz CT molecular complexity index is 602. The summed E-state index contributed by atoms with van der Waals surface area (Å²) in [5.74, 6) is 0.783. The minimum absolute atomic E-state index is 0.449. The van der Waals surface area contributed by atoms with Crippen LogP contribution < -0.4 is 5.73 Å². The number of thioether (sulfide) groups is 1. The molecule has 0 spiro atoms. The standard InChI is InChI=1S/C14H13N3S/c1-10-2-3-13(16)14(6-10)18-9-11-4-5-17-12(7-11)8-15/h2-7H,9,16H2,1H3. The molecule has 0 unspecified atom stereocenters.